The Kier molecular flexibility index (Phi) is 5.19. The topological polar surface area (TPSA) is 49.3 Å². The molecular weight excluding hydrogens is 308 g/mol. The molecule has 2 aliphatic rings. The minimum absolute atomic E-state index is 0.316. The predicted octanol–water partition coefficient (Wildman–Crippen LogP) is 3.14. The molecule has 128 valence electrons. The Morgan fingerprint density at radius 1 is 1.30 bits per heavy atom. The molecule has 0 spiro atoms. The van der Waals surface area contributed by atoms with Crippen molar-refractivity contribution in [3.8, 4) is 0 Å². The molecule has 1 aliphatic heterocycles. The highest BCUT2D eigenvalue weighted by atomic mass is 32.1. The molecule has 1 amide bonds. The lowest BCUT2D eigenvalue weighted by Crippen LogP contribution is -2.42. The molecule has 1 aliphatic carbocycles. The molecular formula is C17H28N4OS. The van der Waals surface area contributed by atoms with E-state index in [2.05, 4.69) is 28.1 Å². The lowest BCUT2D eigenvalue weighted by molar-refractivity contribution is -0.137. The molecule has 2 heterocycles. The zero-order chi connectivity index (χ0) is 16.4. The van der Waals surface area contributed by atoms with Crippen molar-refractivity contribution in [2.75, 3.05) is 31.6 Å². The fraction of sp³-hybridized carbons (Fsp3) is 0.824. The Balaban J connectivity index is 1.47. The SMILES string of the molecule is CC(C)c1nsc(N2CCC(CN(C)C(=O)C3CCC3)CC2)n1. The van der Waals surface area contributed by atoms with Crippen LogP contribution in [0.2, 0.25) is 0 Å². The second-order valence-electron chi connectivity index (χ2n) is 7.37. The first-order valence-electron chi connectivity index (χ1n) is 8.88. The van der Waals surface area contributed by atoms with Crippen LogP contribution >= 0.6 is 11.5 Å². The summed E-state index contributed by atoms with van der Waals surface area (Å²) >= 11 is 1.52. The minimum atomic E-state index is 0.316. The Bertz CT molecular complexity index is 532. The molecule has 1 aromatic rings. The molecule has 3 rings (SSSR count). The van der Waals surface area contributed by atoms with Gasteiger partial charge in [-0.05, 0) is 31.6 Å². The van der Waals surface area contributed by atoms with Crippen LogP contribution in [0.5, 0.6) is 0 Å². The zero-order valence-electron chi connectivity index (χ0n) is 14.5. The summed E-state index contributed by atoms with van der Waals surface area (Å²) in [5, 5.41) is 1.06. The predicted molar refractivity (Wildman–Crippen MR) is 93.9 cm³/mol. The number of hydrogen-bond donors (Lipinski definition) is 0. The van der Waals surface area contributed by atoms with Gasteiger partial charge < -0.3 is 9.80 Å². The number of rotatable bonds is 5. The molecule has 0 bridgehead atoms. The van der Waals surface area contributed by atoms with E-state index in [0.29, 0.717) is 23.7 Å². The molecule has 0 unspecified atom stereocenters. The molecule has 0 N–H and O–H groups in total. The summed E-state index contributed by atoms with van der Waals surface area (Å²) in [6.07, 6.45) is 5.69. The number of amides is 1. The van der Waals surface area contributed by atoms with Crippen molar-refractivity contribution in [3.63, 3.8) is 0 Å². The Morgan fingerprint density at radius 2 is 2.00 bits per heavy atom. The maximum atomic E-state index is 12.3. The molecule has 2 fully saturated rings. The highest BCUT2D eigenvalue weighted by Gasteiger charge is 2.30. The van der Waals surface area contributed by atoms with Crippen molar-refractivity contribution in [2.24, 2.45) is 11.8 Å². The van der Waals surface area contributed by atoms with Gasteiger partial charge in [0.05, 0.1) is 0 Å². The van der Waals surface area contributed by atoms with Gasteiger partial charge in [0.2, 0.25) is 11.0 Å². The van der Waals surface area contributed by atoms with Gasteiger partial charge in [-0.2, -0.15) is 4.37 Å². The van der Waals surface area contributed by atoms with Crippen molar-refractivity contribution in [3.05, 3.63) is 5.82 Å². The third kappa shape index (κ3) is 3.84. The van der Waals surface area contributed by atoms with Gasteiger partial charge >= 0.3 is 0 Å². The number of aromatic nitrogens is 2. The van der Waals surface area contributed by atoms with E-state index in [9.17, 15) is 4.79 Å². The van der Waals surface area contributed by atoms with E-state index in [4.69, 9.17) is 0 Å². The zero-order valence-corrected chi connectivity index (χ0v) is 15.3. The fourth-order valence-corrected chi connectivity index (χ4v) is 4.20. The molecule has 1 saturated carbocycles. The summed E-state index contributed by atoms with van der Waals surface area (Å²) in [7, 11) is 1.98. The van der Waals surface area contributed by atoms with Crippen LogP contribution in [0.15, 0.2) is 0 Å². The van der Waals surface area contributed by atoms with E-state index in [1.807, 2.05) is 11.9 Å². The number of piperidine rings is 1. The van der Waals surface area contributed by atoms with Crippen LogP contribution in [-0.4, -0.2) is 46.8 Å². The van der Waals surface area contributed by atoms with Crippen molar-refractivity contribution in [1.29, 1.82) is 0 Å². The maximum absolute atomic E-state index is 12.3. The summed E-state index contributed by atoms with van der Waals surface area (Å²) in [5.41, 5.74) is 0. The van der Waals surface area contributed by atoms with Crippen molar-refractivity contribution in [2.45, 2.75) is 51.9 Å². The summed E-state index contributed by atoms with van der Waals surface area (Å²) < 4.78 is 4.45. The van der Waals surface area contributed by atoms with Crippen LogP contribution in [0.25, 0.3) is 0 Å². The molecule has 0 atom stereocenters. The van der Waals surface area contributed by atoms with E-state index < -0.39 is 0 Å². The van der Waals surface area contributed by atoms with E-state index in [-0.39, 0.29) is 0 Å². The van der Waals surface area contributed by atoms with Crippen molar-refractivity contribution >= 4 is 22.6 Å². The number of anilines is 1. The third-order valence-corrected chi connectivity index (χ3v) is 5.99. The van der Waals surface area contributed by atoms with Crippen molar-refractivity contribution in [1.82, 2.24) is 14.3 Å². The molecule has 0 radical (unpaired) electrons. The standard InChI is InChI=1S/C17H28N4OS/c1-12(2)15-18-17(23-19-15)21-9-7-13(8-10-21)11-20(3)16(22)14-5-4-6-14/h12-14H,4-11H2,1-3H3. The van der Waals surface area contributed by atoms with Crippen LogP contribution in [-0.2, 0) is 4.79 Å². The normalized spacial score (nSPS) is 19.9. The number of nitrogens with zero attached hydrogens (tertiary/aromatic N) is 4. The highest BCUT2D eigenvalue weighted by molar-refractivity contribution is 7.09. The monoisotopic (exact) mass is 336 g/mol. The molecule has 6 heteroatoms. The number of hydrogen-bond acceptors (Lipinski definition) is 5. The molecule has 0 aromatic carbocycles. The quantitative estimate of drug-likeness (QED) is 0.829. The molecule has 1 saturated heterocycles. The third-order valence-electron chi connectivity index (χ3n) is 5.20. The average molecular weight is 337 g/mol. The van der Waals surface area contributed by atoms with Crippen LogP contribution < -0.4 is 4.90 Å². The van der Waals surface area contributed by atoms with Crippen LogP contribution in [0.4, 0.5) is 5.13 Å². The van der Waals surface area contributed by atoms with Gasteiger partial charge in [0.1, 0.15) is 5.82 Å². The number of carbonyl (C=O) groups is 1. The Morgan fingerprint density at radius 3 is 2.52 bits per heavy atom. The summed E-state index contributed by atoms with van der Waals surface area (Å²) in [4.78, 5) is 21.2. The van der Waals surface area contributed by atoms with Gasteiger partial charge in [-0.25, -0.2) is 4.98 Å². The summed E-state index contributed by atoms with van der Waals surface area (Å²) in [6.45, 7) is 7.24. The second kappa shape index (κ2) is 7.16. The highest BCUT2D eigenvalue weighted by Crippen LogP contribution is 2.30. The first-order chi connectivity index (χ1) is 11.0. The smallest absolute Gasteiger partial charge is 0.225 e. The fourth-order valence-electron chi connectivity index (χ4n) is 3.34. The lowest BCUT2D eigenvalue weighted by atomic mass is 9.84. The Hall–Kier alpha value is -1.17. The van der Waals surface area contributed by atoms with Crippen LogP contribution in [0, 0.1) is 11.8 Å². The van der Waals surface area contributed by atoms with Gasteiger partial charge in [-0.15, -0.1) is 0 Å². The van der Waals surface area contributed by atoms with Crippen LogP contribution in [0.1, 0.15) is 57.7 Å². The first kappa shape index (κ1) is 16.7. The summed E-state index contributed by atoms with van der Waals surface area (Å²) in [5.74, 6) is 2.65. The van der Waals surface area contributed by atoms with Gasteiger partial charge in [-0.1, -0.05) is 20.3 Å². The molecule has 5 nitrogen and oxygen atoms in total. The van der Waals surface area contributed by atoms with E-state index in [0.717, 1.165) is 56.3 Å². The van der Waals surface area contributed by atoms with Gasteiger partial charge in [0.15, 0.2) is 0 Å². The summed E-state index contributed by atoms with van der Waals surface area (Å²) in [6, 6.07) is 0. The van der Waals surface area contributed by atoms with E-state index >= 15 is 0 Å². The van der Waals surface area contributed by atoms with Gasteiger partial charge in [0, 0.05) is 50.1 Å². The Labute approximate surface area is 143 Å². The van der Waals surface area contributed by atoms with E-state index in [1.165, 1.54) is 18.0 Å². The second-order valence-corrected chi connectivity index (χ2v) is 8.10. The first-order valence-corrected chi connectivity index (χ1v) is 9.65. The minimum Gasteiger partial charge on any atom is -0.347 e. The molecule has 23 heavy (non-hydrogen) atoms. The largest absolute Gasteiger partial charge is 0.347 e. The van der Waals surface area contributed by atoms with Gasteiger partial charge in [-0.3, -0.25) is 4.79 Å². The maximum Gasteiger partial charge on any atom is 0.225 e. The number of carbonyl (C=O) groups excluding carboxylic acids is 1. The average Bonchev–Trinajstić information content (AvgIpc) is 2.96. The lowest BCUT2D eigenvalue weighted by Gasteiger charge is -2.35. The van der Waals surface area contributed by atoms with E-state index in [1.54, 1.807) is 0 Å². The molecule has 1 aromatic heterocycles. The van der Waals surface area contributed by atoms with Gasteiger partial charge in [0.25, 0.3) is 0 Å². The van der Waals surface area contributed by atoms with Crippen LogP contribution in [0.3, 0.4) is 0 Å². The van der Waals surface area contributed by atoms with Crippen molar-refractivity contribution < 1.29 is 4.79 Å².